The molecule has 1 aromatic carbocycles. The SMILES string of the molecule is COC(=O)C#Cc1cc(O)cc(Cl)c1. The largest absolute Gasteiger partial charge is 0.508 e. The third-order valence-electron chi connectivity index (χ3n) is 1.38. The van der Waals surface area contributed by atoms with Crippen LogP contribution in [-0.4, -0.2) is 18.2 Å². The average Bonchev–Trinajstić information content (AvgIpc) is 2.12. The Morgan fingerprint density at radius 2 is 2.21 bits per heavy atom. The lowest BCUT2D eigenvalue weighted by molar-refractivity contribution is -0.133. The predicted octanol–water partition coefficient (Wildman–Crippen LogP) is 1.57. The van der Waals surface area contributed by atoms with E-state index < -0.39 is 5.97 Å². The number of esters is 1. The first kappa shape index (κ1) is 10.4. The number of phenols is 1. The number of carbonyl (C=O) groups is 1. The van der Waals surface area contributed by atoms with Crippen molar-refractivity contribution >= 4 is 17.6 Å². The number of carbonyl (C=O) groups excluding carboxylic acids is 1. The molecule has 72 valence electrons. The van der Waals surface area contributed by atoms with E-state index in [9.17, 15) is 4.79 Å². The summed E-state index contributed by atoms with van der Waals surface area (Å²) < 4.78 is 4.32. The molecule has 0 bridgehead atoms. The Morgan fingerprint density at radius 1 is 1.50 bits per heavy atom. The van der Waals surface area contributed by atoms with Gasteiger partial charge in [0.1, 0.15) is 5.75 Å². The van der Waals surface area contributed by atoms with Gasteiger partial charge in [-0.3, -0.25) is 0 Å². The summed E-state index contributed by atoms with van der Waals surface area (Å²) in [6, 6.07) is 4.32. The van der Waals surface area contributed by atoms with Gasteiger partial charge in [-0.05, 0) is 18.2 Å². The number of phenolic OH excluding ortho intramolecular Hbond substituents is 1. The maximum atomic E-state index is 10.7. The van der Waals surface area contributed by atoms with Crippen LogP contribution < -0.4 is 0 Å². The summed E-state index contributed by atoms with van der Waals surface area (Å²) in [6.07, 6.45) is 0. The van der Waals surface area contributed by atoms with Gasteiger partial charge < -0.3 is 9.84 Å². The van der Waals surface area contributed by atoms with E-state index in [1.807, 2.05) is 0 Å². The maximum absolute atomic E-state index is 10.7. The Kier molecular flexibility index (Phi) is 3.38. The fourth-order valence-corrected chi connectivity index (χ4v) is 1.05. The van der Waals surface area contributed by atoms with Crippen molar-refractivity contribution in [1.82, 2.24) is 0 Å². The summed E-state index contributed by atoms with van der Waals surface area (Å²) in [5.74, 6) is 4.10. The van der Waals surface area contributed by atoms with E-state index >= 15 is 0 Å². The number of aromatic hydroxyl groups is 1. The molecule has 3 nitrogen and oxygen atoms in total. The van der Waals surface area contributed by atoms with E-state index in [1.54, 1.807) is 0 Å². The van der Waals surface area contributed by atoms with Gasteiger partial charge >= 0.3 is 5.97 Å². The Balaban J connectivity index is 2.95. The van der Waals surface area contributed by atoms with Gasteiger partial charge in [0.05, 0.1) is 7.11 Å². The average molecular weight is 211 g/mol. The van der Waals surface area contributed by atoms with E-state index in [0.29, 0.717) is 10.6 Å². The van der Waals surface area contributed by atoms with Crippen LogP contribution in [0, 0.1) is 11.8 Å². The number of rotatable bonds is 0. The molecule has 0 aliphatic carbocycles. The Morgan fingerprint density at radius 3 is 2.79 bits per heavy atom. The van der Waals surface area contributed by atoms with Crippen LogP contribution in [-0.2, 0) is 9.53 Å². The topological polar surface area (TPSA) is 46.5 Å². The van der Waals surface area contributed by atoms with Gasteiger partial charge in [-0.2, -0.15) is 0 Å². The summed E-state index contributed by atoms with van der Waals surface area (Å²) in [5, 5.41) is 9.51. The molecule has 0 amide bonds. The highest BCUT2D eigenvalue weighted by Gasteiger charge is 1.96. The van der Waals surface area contributed by atoms with Crippen molar-refractivity contribution in [2.75, 3.05) is 7.11 Å². The van der Waals surface area contributed by atoms with Crippen molar-refractivity contribution in [3.05, 3.63) is 28.8 Å². The molecule has 0 spiro atoms. The summed E-state index contributed by atoms with van der Waals surface area (Å²) in [7, 11) is 1.24. The second-order valence-electron chi connectivity index (χ2n) is 2.44. The fraction of sp³-hybridized carbons (Fsp3) is 0.100. The molecule has 0 atom stereocenters. The van der Waals surface area contributed by atoms with Crippen molar-refractivity contribution in [3.63, 3.8) is 0 Å². The lowest BCUT2D eigenvalue weighted by Crippen LogP contribution is -1.94. The molecule has 0 radical (unpaired) electrons. The summed E-state index contributed by atoms with van der Waals surface area (Å²) in [6.45, 7) is 0. The summed E-state index contributed by atoms with van der Waals surface area (Å²) in [5.41, 5.74) is 0.459. The molecule has 14 heavy (non-hydrogen) atoms. The Bertz CT molecular complexity index is 395. The molecule has 4 heteroatoms. The first-order valence-corrected chi connectivity index (χ1v) is 4.09. The minimum atomic E-state index is -0.635. The third kappa shape index (κ3) is 3.00. The Hall–Kier alpha value is -1.66. The molecule has 0 aromatic heterocycles. The number of benzene rings is 1. The molecule has 0 saturated carbocycles. The zero-order valence-corrected chi connectivity index (χ0v) is 8.13. The molecule has 0 fully saturated rings. The van der Waals surface area contributed by atoms with Gasteiger partial charge in [0.2, 0.25) is 0 Å². The minimum Gasteiger partial charge on any atom is -0.508 e. The highest BCUT2D eigenvalue weighted by atomic mass is 35.5. The van der Waals surface area contributed by atoms with Crippen molar-refractivity contribution in [2.24, 2.45) is 0 Å². The standard InChI is InChI=1S/C10H7ClO3/c1-14-10(13)3-2-7-4-8(11)6-9(12)5-7/h4-6,12H,1H3. The molecule has 1 rings (SSSR count). The second kappa shape index (κ2) is 4.54. The third-order valence-corrected chi connectivity index (χ3v) is 1.60. The van der Waals surface area contributed by atoms with Crippen LogP contribution in [0.5, 0.6) is 5.75 Å². The van der Waals surface area contributed by atoms with Crippen LogP contribution in [0.4, 0.5) is 0 Å². The van der Waals surface area contributed by atoms with Crippen LogP contribution in [0.2, 0.25) is 5.02 Å². The zero-order valence-electron chi connectivity index (χ0n) is 7.37. The number of hydrogen-bond donors (Lipinski definition) is 1. The number of ether oxygens (including phenoxy) is 1. The first-order valence-electron chi connectivity index (χ1n) is 3.71. The van der Waals surface area contributed by atoms with Gasteiger partial charge in [-0.1, -0.05) is 17.5 Å². The van der Waals surface area contributed by atoms with E-state index in [2.05, 4.69) is 16.6 Å². The quantitative estimate of drug-likeness (QED) is 0.522. The van der Waals surface area contributed by atoms with E-state index in [0.717, 1.165) is 0 Å². The minimum absolute atomic E-state index is 0.00617. The van der Waals surface area contributed by atoms with Gasteiger partial charge in [0, 0.05) is 16.5 Å². The van der Waals surface area contributed by atoms with Gasteiger partial charge in [-0.15, -0.1) is 0 Å². The molecule has 0 heterocycles. The lowest BCUT2D eigenvalue weighted by atomic mass is 10.2. The van der Waals surface area contributed by atoms with E-state index in [-0.39, 0.29) is 5.75 Å². The van der Waals surface area contributed by atoms with Crippen molar-refractivity contribution in [2.45, 2.75) is 0 Å². The second-order valence-corrected chi connectivity index (χ2v) is 2.88. The first-order chi connectivity index (χ1) is 6.61. The molecule has 0 aliphatic heterocycles. The van der Waals surface area contributed by atoms with Crippen LogP contribution in [0.25, 0.3) is 0 Å². The molecule has 0 aliphatic rings. The molecular formula is C10H7ClO3. The van der Waals surface area contributed by atoms with Crippen molar-refractivity contribution in [1.29, 1.82) is 0 Å². The number of hydrogen-bond acceptors (Lipinski definition) is 3. The number of methoxy groups -OCH3 is 1. The summed E-state index contributed by atoms with van der Waals surface area (Å²) in [4.78, 5) is 10.7. The van der Waals surface area contributed by atoms with Crippen LogP contribution in [0.1, 0.15) is 5.56 Å². The molecule has 1 aromatic rings. The van der Waals surface area contributed by atoms with Crippen LogP contribution in [0.3, 0.4) is 0 Å². The normalized spacial score (nSPS) is 8.71. The van der Waals surface area contributed by atoms with E-state index in [1.165, 1.54) is 25.3 Å². The van der Waals surface area contributed by atoms with Crippen molar-refractivity contribution < 1.29 is 14.6 Å². The smallest absolute Gasteiger partial charge is 0.384 e. The fourth-order valence-electron chi connectivity index (χ4n) is 0.821. The van der Waals surface area contributed by atoms with E-state index in [4.69, 9.17) is 16.7 Å². The maximum Gasteiger partial charge on any atom is 0.384 e. The molecule has 1 N–H and O–H groups in total. The zero-order chi connectivity index (χ0) is 10.6. The van der Waals surface area contributed by atoms with Gasteiger partial charge in [-0.25, -0.2) is 4.79 Å². The highest BCUT2D eigenvalue weighted by molar-refractivity contribution is 6.30. The van der Waals surface area contributed by atoms with Crippen LogP contribution >= 0.6 is 11.6 Å². The lowest BCUT2D eigenvalue weighted by Gasteiger charge is -1.94. The molecule has 0 unspecified atom stereocenters. The van der Waals surface area contributed by atoms with Gasteiger partial charge in [0.25, 0.3) is 0 Å². The Labute approximate surface area is 86.3 Å². The van der Waals surface area contributed by atoms with Gasteiger partial charge in [0.15, 0.2) is 0 Å². The number of halogens is 1. The predicted molar refractivity (Wildman–Crippen MR) is 52.0 cm³/mol. The monoisotopic (exact) mass is 210 g/mol. The van der Waals surface area contributed by atoms with Crippen LogP contribution in [0.15, 0.2) is 18.2 Å². The molecular weight excluding hydrogens is 204 g/mol. The summed E-state index contributed by atoms with van der Waals surface area (Å²) >= 11 is 5.66. The highest BCUT2D eigenvalue weighted by Crippen LogP contribution is 2.18. The van der Waals surface area contributed by atoms with Crippen molar-refractivity contribution in [3.8, 4) is 17.6 Å². The molecule has 0 saturated heterocycles.